The first kappa shape index (κ1) is 12.4. The molecule has 0 bridgehead atoms. The lowest BCUT2D eigenvalue weighted by molar-refractivity contribution is 0.102. The third-order valence-corrected chi connectivity index (χ3v) is 3.13. The maximum absolute atomic E-state index is 11.8. The van der Waals surface area contributed by atoms with Crippen LogP contribution in [0.4, 0.5) is 10.9 Å². The summed E-state index contributed by atoms with van der Waals surface area (Å²) in [4.78, 5) is 11.8. The normalized spacial score (nSPS) is 10.1. The van der Waals surface area contributed by atoms with Gasteiger partial charge in [-0.2, -0.15) is 0 Å². The van der Waals surface area contributed by atoms with E-state index >= 15 is 0 Å². The molecule has 0 aliphatic carbocycles. The molecule has 2 rings (SSSR count). The van der Waals surface area contributed by atoms with Crippen molar-refractivity contribution in [2.75, 3.05) is 17.7 Å². The van der Waals surface area contributed by atoms with Gasteiger partial charge in [-0.3, -0.25) is 10.1 Å². The summed E-state index contributed by atoms with van der Waals surface area (Å²) in [6.07, 6.45) is 0.796. The smallest absolute Gasteiger partial charge is 0.278 e. The van der Waals surface area contributed by atoms with Crippen molar-refractivity contribution in [3.05, 3.63) is 22.8 Å². The van der Waals surface area contributed by atoms with E-state index in [1.54, 1.807) is 19.2 Å². The molecule has 2 aromatic rings. The summed E-state index contributed by atoms with van der Waals surface area (Å²) in [7, 11) is 1.73. The third kappa shape index (κ3) is 2.77. The fourth-order valence-corrected chi connectivity index (χ4v) is 1.87. The monoisotopic (exact) mass is 264 g/mol. The summed E-state index contributed by atoms with van der Waals surface area (Å²) in [5.74, 6) is 0.264. The zero-order valence-electron chi connectivity index (χ0n) is 9.97. The van der Waals surface area contributed by atoms with Gasteiger partial charge in [-0.1, -0.05) is 18.3 Å². The van der Waals surface area contributed by atoms with Gasteiger partial charge in [0.25, 0.3) is 5.91 Å². The molecule has 7 nitrogen and oxygen atoms in total. The van der Waals surface area contributed by atoms with Crippen molar-refractivity contribution in [3.63, 3.8) is 0 Å². The van der Waals surface area contributed by atoms with Gasteiger partial charge in [0.1, 0.15) is 10.8 Å². The van der Waals surface area contributed by atoms with Crippen LogP contribution in [0.5, 0.6) is 0 Å². The largest absolute Gasteiger partial charge is 0.372 e. The zero-order valence-corrected chi connectivity index (χ0v) is 10.8. The summed E-state index contributed by atoms with van der Waals surface area (Å²) in [5.41, 5.74) is 0.238. The van der Waals surface area contributed by atoms with Gasteiger partial charge in [-0.05, 0) is 18.6 Å². The van der Waals surface area contributed by atoms with Gasteiger partial charge in [-0.15, -0.1) is 20.4 Å². The number of hydrogen-bond donors (Lipinski definition) is 2. The molecule has 0 radical (unpaired) electrons. The topological polar surface area (TPSA) is 92.7 Å². The van der Waals surface area contributed by atoms with Gasteiger partial charge < -0.3 is 5.32 Å². The Morgan fingerprint density at radius 1 is 1.28 bits per heavy atom. The summed E-state index contributed by atoms with van der Waals surface area (Å²) in [6.45, 7) is 1.98. The second kappa shape index (κ2) is 5.50. The van der Waals surface area contributed by atoms with Crippen LogP contribution >= 0.6 is 11.3 Å². The molecule has 0 saturated heterocycles. The van der Waals surface area contributed by atoms with E-state index in [0.717, 1.165) is 11.4 Å². The Morgan fingerprint density at radius 2 is 2.11 bits per heavy atom. The van der Waals surface area contributed by atoms with Crippen LogP contribution in [0.1, 0.15) is 22.4 Å². The minimum atomic E-state index is -0.344. The lowest BCUT2D eigenvalue weighted by Crippen LogP contribution is -2.14. The Bertz CT molecular complexity index is 538. The first-order valence-electron chi connectivity index (χ1n) is 5.38. The summed E-state index contributed by atoms with van der Waals surface area (Å²) in [5, 5.41) is 22.2. The minimum absolute atomic E-state index is 0.238. The van der Waals surface area contributed by atoms with Crippen LogP contribution in [0.2, 0.25) is 0 Å². The fraction of sp³-hybridized carbons (Fsp3) is 0.300. The Kier molecular flexibility index (Phi) is 3.78. The molecular formula is C10H12N6OS. The fourth-order valence-electron chi connectivity index (χ4n) is 1.19. The Labute approximate surface area is 108 Å². The molecule has 0 atom stereocenters. The van der Waals surface area contributed by atoms with Crippen LogP contribution in [-0.2, 0) is 6.42 Å². The van der Waals surface area contributed by atoms with Crippen molar-refractivity contribution in [2.45, 2.75) is 13.3 Å². The predicted octanol–water partition coefficient (Wildman–Crippen LogP) is 1.18. The molecule has 0 aromatic carbocycles. The molecule has 0 saturated carbocycles. The van der Waals surface area contributed by atoms with Gasteiger partial charge >= 0.3 is 0 Å². The number of carbonyl (C=O) groups is 1. The van der Waals surface area contributed by atoms with Crippen molar-refractivity contribution in [2.24, 2.45) is 0 Å². The summed E-state index contributed by atoms with van der Waals surface area (Å²) in [6, 6.07) is 3.27. The van der Waals surface area contributed by atoms with Gasteiger partial charge in [-0.25, -0.2) is 0 Å². The highest BCUT2D eigenvalue weighted by Crippen LogP contribution is 2.16. The summed E-state index contributed by atoms with van der Waals surface area (Å²) < 4.78 is 0. The van der Waals surface area contributed by atoms with Gasteiger partial charge in [0.05, 0.1) is 0 Å². The third-order valence-electron chi connectivity index (χ3n) is 2.14. The predicted molar refractivity (Wildman–Crippen MR) is 68.8 cm³/mol. The van der Waals surface area contributed by atoms with E-state index in [0.29, 0.717) is 10.9 Å². The Morgan fingerprint density at radius 3 is 2.67 bits per heavy atom. The molecule has 0 spiro atoms. The average Bonchev–Trinajstić information content (AvgIpc) is 2.86. The van der Waals surface area contributed by atoms with Crippen molar-refractivity contribution in [1.82, 2.24) is 20.4 Å². The van der Waals surface area contributed by atoms with Crippen LogP contribution in [-0.4, -0.2) is 33.3 Å². The number of anilines is 2. The molecule has 1 amide bonds. The van der Waals surface area contributed by atoms with E-state index in [9.17, 15) is 4.79 Å². The van der Waals surface area contributed by atoms with Crippen LogP contribution < -0.4 is 10.6 Å². The molecule has 2 N–H and O–H groups in total. The molecule has 0 aliphatic heterocycles. The van der Waals surface area contributed by atoms with E-state index < -0.39 is 0 Å². The summed E-state index contributed by atoms with van der Waals surface area (Å²) >= 11 is 1.35. The molecule has 0 unspecified atom stereocenters. The number of amides is 1. The van der Waals surface area contributed by atoms with E-state index in [2.05, 4.69) is 31.0 Å². The number of carbonyl (C=O) groups excluding carboxylic acids is 1. The SMILES string of the molecule is CCc1nnc(NC(=O)c2ccc(NC)nn2)s1. The van der Waals surface area contributed by atoms with Gasteiger partial charge in [0.2, 0.25) is 5.13 Å². The number of nitrogens with one attached hydrogen (secondary N) is 2. The lowest BCUT2D eigenvalue weighted by Gasteiger charge is -2.00. The van der Waals surface area contributed by atoms with Crippen LogP contribution in [0.3, 0.4) is 0 Å². The molecule has 2 heterocycles. The highest BCUT2D eigenvalue weighted by molar-refractivity contribution is 7.15. The lowest BCUT2D eigenvalue weighted by atomic mass is 10.3. The van der Waals surface area contributed by atoms with Crippen molar-refractivity contribution in [1.29, 1.82) is 0 Å². The molecule has 18 heavy (non-hydrogen) atoms. The van der Waals surface area contributed by atoms with Crippen LogP contribution in [0, 0.1) is 0 Å². The van der Waals surface area contributed by atoms with Crippen molar-refractivity contribution < 1.29 is 4.79 Å². The number of nitrogens with zero attached hydrogens (tertiary/aromatic N) is 4. The number of hydrogen-bond acceptors (Lipinski definition) is 7. The molecule has 8 heteroatoms. The molecule has 2 aromatic heterocycles. The number of aromatic nitrogens is 4. The minimum Gasteiger partial charge on any atom is -0.372 e. The number of aryl methyl sites for hydroxylation is 1. The quantitative estimate of drug-likeness (QED) is 0.861. The van der Waals surface area contributed by atoms with Crippen LogP contribution in [0.15, 0.2) is 12.1 Å². The molecular weight excluding hydrogens is 252 g/mol. The van der Waals surface area contributed by atoms with E-state index in [4.69, 9.17) is 0 Å². The first-order chi connectivity index (χ1) is 8.72. The Hall–Kier alpha value is -2.09. The first-order valence-corrected chi connectivity index (χ1v) is 6.19. The highest BCUT2D eigenvalue weighted by atomic mass is 32.1. The van der Waals surface area contributed by atoms with E-state index in [1.165, 1.54) is 11.3 Å². The van der Waals surface area contributed by atoms with Gasteiger partial charge in [0, 0.05) is 7.05 Å². The van der Waals surface area contributed by atoms with Crippen molar-refractivity contribution in [3.8, 4) is 0 Å². The second-order valence-electron chi connectivity index (χ2n) is 3.36. The van der Waals surface area contributed by atoms with Crippen molar-refractivity contribution >= 4 is 28.2 Å². The molecule has 0 aliphatic rings. The van der Waals surface area contributed by atoms with Crippen LogP contribution in [0.25, 0.3) is 0 Å². The average molecular weight is 264 g/mol. The molecule has 94 valence electrons. The maximum atomic E-state index is 11.8. The van der Waals surface area contributed by atoms with E-state index in [1.807, 2.05) is 6.92 Å². The second-order valence-corrected chi connectivity index (χ2v) is 4.42. The molecule has 0 fully saturated rings. The zero-order chi connectivity index (χ0) is 13.0. The number of rotatable bonds is 4. The highest BCUT2D eigenvalue weighted by Gasteiger charge is 2.11. The Balaban J connectivity index is 2.06. The standard InChI is InChI=1S/C10H12N6OS/c1-3-8-15-16-10(18-8)12-9(17)6-4-5-7(11-2)14-13-6/h4-5H,3H2,1-2H3,(H,11,14)(H,12,16,17). The van der Waals surface area contributed by atoms with Gasteiger partial charge in [0.15, 0.2) is 5.69 Å². The maximum Gasteiger partial charge on any atom is 0.278 e. The van der Waals surface area contributed by atoms with E-state index in [-0.39, 0.29) is 11.6 Å².